The van der Waals surface area contributed by atoms with Gasteiger partial charge in [-0.2, -0.15) is 0 Å². The van der Waals surface area contributed by atoms with Crippen molar-refractivity contribution in [3.63, 3.8) is 0 Å². The Morgan fingerprint density at radius 3 is 1.64 bits per heavy atom. The Morgan fingerprint density at radius 2 is 1.16 bits per heavy atom. The van der Waals surface area contributed by atoms with Crippen LogP contribution in [0.15, 0.2) is 48.5 Å². The number of hydrogen-bond donors (Lipinski definition) is 1. The van der Waals surface area contributed by atoms with Gasteiger partial charge in [0.05, 0.1) is 7.11 Å². The zero-order valence-corrected chi connectivity index (χ0v) is 15.6. The first-order chi connectivity index (χ1) is 11.9. The van der Waals surface area contributed by atoms with E-state index in [2.05, 4.69) is 64.1 Å². The molecule has 0 saturated carbocycles. The van der Waals surface area contributed by atoms with Gasteiger partial charge in [-0.1, -0.05) is 36.4 Å². The highest BCUT2D eigenvalue weighted by Gasteiger charge is 2.17. The number of nitrogens with two attached hydrogens (primary N) is 1. The maximum atomic E-state index is 6.41. The van der Waals surface area contributed by atoms with Crippen LogP contribution in [0.4, 0.5) is 5.69 Å². The Balaban J connectivity index is 2.34. The molecule has 0 fully saturated rings. The van der Waals surface area contributed by atoms with Crippen molar-refractivity contribution in [1.82, 2.24) is 0 Å². The van der Waals surface area contributed by atoms with Crippen LogP contribution in [0.5, 0.6) is 5.75 Å². The van der Waals surface area contributed by atoms with Gasteiger partial charge < -0.3 is 10.5 Å². The predicted molar refractivity (Wildman–Crippen MR) is 107 cm³/mol. The lowest BCUT2D eigenvalue weighted by Gasteiger charge is -2.18. The highest BCUT2D eigenvalue weighted by molar-refractivity contribution is 5.94. The molecule has 3 aromatic rings. The normalized spacial score (nSPS) is 10.8. The Morgan fingerprint density at radius 1 is 0.640 bits per heavy atom. The maximum absolute atomic E-state index is 6.41. The third-order valence-electron chi connectivity index (χ3n) is 5.01. The van der Waals surface area contributed by atoms with Gasteiger partial charge in [0, 0.05) is 16.8 Å². The second-order valence-electron chi connectivity index (χ2n) is 6.71. The van der Waals surface area contributed by atoms with Gasteiger partial charge in [0.25, 0.3) is 0 Å². The van der Waals surface area contributed by atoms with Gasteiger partial charge in [-0.25, -0.2) is 0 Å². The topological polar surface area (TPSA) is 35.2 Å². The lowest BCUT2D eigenvalue weighted by Crippen LogP contribution is -1.98. The average molecular weight is 331 g/mol. The summed E-state index contributed by atoms with van der Waals surface area (Å²) in [5, 5.41) is 0. The van der Waals surface area contributed by atoms with Crippen LogP contribution in [0.25, 0.3) is 22.3 Å². The molecule has 0 saturated heterocycles. The van der Waals surface area contributed by atoms with Gasteiger partial charge in [-0.3, -0.25) is 0 Å². The maximum Gasteiger partial charge on any atom is 0.127 e. The van der Waals surface area contributed by atoms with Crippen molar-refractivity contribution in [2.75, 3.05) is 12.8 Å². The second-order valence-corrected chi connectivity index (χ2v) is 6.71. The molecule has 3 rings (SSSR count). The first-order valence-corrected chi connectivity index (χ1v) is 8.54. The molecule has 2 heteroatoms. The molecule has 0 aromatic heterocycles. The fourth-order valence-electron chi connectivity index (χ4n) is 3.16. The van der Waals surface area contributed by atoms with Crippen LogP contribution in [0.3, 0.4) is 0 Å². The molecule has 0 unspecified atom stereocenters. The summed E-state index contributed by atoms with van der Waals surface area (Å²) in [6.07, 6.45) is 0. The van der Waals surface area contributed by atoms with Gasteiger partial charge in [0.2, 0.25) is 0 Å². The Labute approximate surface area is 150 Å². The van der Waals surface area contributed by atoms with E-state index in [1.54, 1.807) is 7.11 Å². The molecule has 2 N–H and O–H groups in total. The van der Waals surface area contributed by atoms with Gasteiger partial charge in [0.15, 0.2) is 0 Å². The number of ether oxygens (including phenoxy) is 1. The van der Waals surface area contributed by atoms with Crippen LogP contribution in [-0.4, -0.2) is 7.11 Å². The van der Waals surface area contributed by atoms with Crippen molar-refractivity contribution in [1.29, 1.82) is 0 Å². The fourth-order valence-corrected chi connectivity index (χ4v) is 3.16. The highest BCUT2D eigenvalue weighted by Crippen LogP contribution is 2.43. The largest absolute Gasteiger partial charge is 0.496 e. The van der Waals surface area contributed by atoms with E-state index >= 15 is 0 Å². The monoisotopic (exact) mass is 331 g/mol. The summed E-state index contributed by atoms with van der Waals surface area (Å²) in [5.41, 5.74) is 16.6. The van der Waals surface area contributed by atoms with Crippen LogP contribution in [0, 0.1) is 27.7 Å². The minimum Gasteiger partial charge on any atom is -0.496 e. The van der Waals surface area contributed by atoms with Crippen LogP contribution in [0.2, 0.25) is 0 Å². The predicted octanol–water partition coefficient (Wildman–Crippen LogP) is 5.85. The summed E-state index contributed by atoms with van der Waals surface area (Å²) < 4.78 is 5.69. The molecule has 2 nitrogen and oxygen atoms in total. The molecule has 25 heavy (non-hydrogen) atoms. The Hall–Kier alpha value is -2.74. The van der Waals surface area contributed by atoms with E-state index in [1.807, 2.05) is 12.1 Å². The van der Waals surface area contributed by atoms with Crippen LogP contribution < -0.4 is 10.5 Å². The SMILES string of the molecule is COc1ccc(N)c(-c2ccc(C)c(C)c2)c1-c1ccc(C)c(C)c1. The van der Waals surface area contributed by atoms with E-state index in [9.17, 15) is 0 Å². The molecule has 0 aliphatic carbocycles. The number of rotatable bonds is 3. The van der Waals surface area contributed by atoms with Gasteiger partial charge in [-0.15, -0.1) is 0 Å². The smallest absolute Gasteiger partial charge is 0.127 e. The molecular formula is C23H25NO. The molecule has 0 radical (unpaired) electrons. The zero-order valence-electron chi connectivity index (χ0n) is 15.6. The number of nitrogen functional groups attached to an aromatic ring is 1. The van der Waals surface area contributed by atoms with Crippen LogP contribution in [-0.2, 0) is 0 Å². The van der Waals surface area contributed by atoms with Crippen molar-refractivity contribution >= 4 is 5.69 Å². The summed E-state index contributed by atoms with van der Waals surface area (Å²) in [4.78, 5) is 0. The third kappa shape index (κ3) is 3.12. The summed E-state index contributed by atoms with van der Waals surface area (Å²) in [6.45, 7) is 8.51. The molecule has 0 heterocycles. The Kier molecular flexibility index (Phi) is 4.54. The van der Waals surface area contributed by atoms with Crippen molar-refractivity contribution in [3.05, 3.63) is 70.8 Å². The molecule has 0 atom stereocenters. The van der Waals surface area contributed by atoms with Crippen LogP contribution in [0.1, 0.15) is 22.3 Å². The molecule has 128 valence electrons. The summed E-state index contributed by atoms with van der Waals surface area (Å²) in [7, 11) is 1.71. The van der Waals surface area contributed by atoms with E-state index in [0.29, 0.717) is 0 Å². The Bertz CT molecular complexity index is 941. The minimum absolute atomic E-state index is 0.761. The summed E-state index contributed by atoms with van der Waals surface area (Å²) in [5.74, 6) is 0.839. The van der Waals surface area contributed by atoms with Gasteiger partial charge in [0.1, 0.15) is 5.75 Å². The third-order valence-corrected chi connectivity index (χ3v) is 5.01. The lowest BCUT2D eigenvalue weighted by atomic mass is 9.89. The van der Waals surface area contributed by atoms with E-state index < -0.39 is 0 Å². The van der Waals surface area contributed by atoms with Crippen LogP contribution >= 0.6 is 0 Å². The van der Waals surface area contributed by atoms with Crippen molar-refractivity contribution < 1.29 is 4.74 Å². The van der Waals surface area contributed by atoms with Crippen molar-refractivity contribution in [2.45, 2.75) is 27.7 Å². The summed E-state index contributed by atoms with van der Waals surface area (Å²) in [6, 6.07) is 16.9. The molecule has 0 aliphatic heterocycles. The number of benzene rings is 3. The number of aryl methyl sites for hydroxylation is 4. The van der Waals surface area contributed by atoms with E-state index in [1.165, 1.54) is 22.3 Å². The molecule has 0 amide bonds. The van der Waals surface area contributed by atoms with E-state index in [-0.39, 0.29) is 0 Å². The van der Waals surface area contributed by atoms with Gasteiger partial charge >= 0.3 is 0 Å². The first-order valence-electron chi connectivity index (χ1n) is 8.54. The quantitative estimate of drug-likeness (QED) is 0.611. The molecule has 0 aliphatic rings. The fraction of sp³-hybridized carbons (Fsp3) is 0.217. The molecule has 0 spiro atoms. The van der Waals surface area contributed by atoms with Crippen molar-refractivity contribution in [2.24, 2.45) is 0 Å². The van der Waals surface area contributed by atoms with Gasteiger partial charge in [-0.05, 0) is 73.2 Å². The second kappa shape index (κ2) is 6.64. The first kappa shape index (κ1) is 17.1. The van der Waals surface area contributed by atoms with E-state index in [0.717, 1.165) is 33.7 Å². The minimum atomic E-state index is 0.761. The molecular weight excluding hydrogens is 306 g/mol. The number of hydrogen-bond acceptors (Lipinski definition) is 2. The summed E-state index contributed by atoms with van der Waals surface area (Å²) >= 11 is 0. The van der Waals surface area contributed by atoms with E-state index in [4.69, 9.17) is 10.5 Å². The van der Waals surface area contributed by atoms with Crippen molar-refractivity contribution in [3.8, 4) is 28.0 Å². The molecule has 0 bridgehead atoms. The lowest BCUT2D eigenvalue weighted by molar-refractivity contribution is 0.416. The average Bonchev–Trinajstić information content (AvgIpc) is 2.59. The standard InChI is InChI=1S/C23H25NO/c1-14-6-8-18(12-16(14)3)22-20(24)10-11-21(25-5)23(22)19-9-7-15(2)17(4)13-19/h6-13H,24H2,1-5H3. The zero-order chi connectivity index (χ0) is 18.1. The molecule has 3 aromatic carbocycles. The number of methoxy groups -OCH3 is 1. The number of anilines is 1. The highest BCUT2D eigenvalue weighted by atomic mass is 16.5.